The van der Waals surface area contributed by atoms with E-state index in [1.807, 2.05) is 0 Å². The van der Waals surface area contributed by atoms with Gasteiger partial charge in [-0.3, -0.25) is 4.90 Å². The van der Waals surface area contributed by atoms with Crippen molar-refractivity contribution in [3.63, 3.8) is 0 Å². The number of nitrogens with zero attached hydrogens (tertiary/aromatic N) is 1. The van der Waals surface area contributed by atoms with Crippen molar-refractivity contribution in [2.75, 3.05) is 11.4 Å². The topological polar surface area (TPSA) is 38.8 Å². The van der Waals surface area contributed by atoms with Gasteiger partial charge in [0.1, 0.15) is 11.4 Å². The number of rotatable bonds is 4. The Labute approximate surface area is 121 Å². The van der Waals surface area contributed by atoms with Crippen molar-refractivity contribution < 1.29 is 27.4 Å². The van der Waals surface area contributed by atoms with Crippen LogP contribution in [0.2, 0.25) is 0 Å². The second-order valence-corrected chi connectivity index (χ2v) is 5.22. The van der Waals surface area contributed by atoms with Gasteiger partial charge in [-0.25, -0.2) is 9.18 Å². The second kappa shape index (κ2) is 6.69. The minimum absolute atomic E-state index is 0.0617. The molecule has 1 aromatic carbocycles. The Bertz CT molecular complexity index is 501. The van der Waals surface area contributed by atoms with E-state index in [4.69, 9.17) is 4.74 Å². The lowest BCUT2D eigenvalue weighted by Gasteiger charge is -2.26. The van der Waals surface area contributed by atoms with E-state index in [9.17, 15) is 18.0 Å². The number of alkyl halides is 2. The number of hydrogen-bond donors (Lipinski definition) is 0. The fourth-order valence-corrected chi connectivity index (χ4v) is 1.60. The van der Waals surface area contributed by atoms with Gasteiger partial charge in [-0.05, 0) is 39.8 Å². The summed E-state index contributed by atoms with van der Waals surface area (Å²) < 4.78 is 47.3. The lowest BCUT2D eigenvalue weighted by molar-refractivity contribution is -0.0500. The van der Waals surface area contributed by atoms with E-state index < -0.39 is 24.1 Å². The number of hydrogen-bond acceptors (Lipinski definition) is 3. The van der Waals surface area contributed by atoms with Gasteiger partial charge in [-0.2, -0.15) is 8.78 Å². The van der Waals surface area contributed by atoms with Crippen LogP contribution >= 0.6 is 0 Å². The van der Waals surface area contributed by atoms with Crippen molar-refractivity contribution in [1.29, 1.82) is 0 Å². The highest BCUT2D eigenvalue weighted by Gasteiger charge is 2.24. The summed E-state index contributed by atoms with van der Waals surface area (Å²) in [6.45, 7) is 3.84. The summed E-state index contributed by atoms with van der Waals surface area (Å²) in [5, 5.41) is 0. The molecule has 0 fully saturated rings. The Balaban J connectivity index is 2.98. The molecule has 0 aliphatic carbocycles. The fourth-order valence-electron chi connectivity index (χ4n) is 1.60. The highest BCUT2D eigenvalue weighted by atomic mass is 19.3. The van der Waals surface area contributed by atoms with Crippen LogP contribution in [-0.2, 0) is 4.74 Å². The van der Waals surface area contributed by atoms with E-state index in [1.165, 1.54) is 6.07 Å². The Morgan fingerprint density at radius 3 is 2.38 bits per heavy atom. The highest BCUT2D eigenvalue weighted by Crippen LogP contribution is 2.26. The first-order valence-corrected chi connectivity index (χ1v) is 6.39. The maximum atomic E-state index is 14.0. The molecule has 1 rings (SSSR count). The predicted molar refractivity (Wildman–Crippen MR) is 72.3 cm³/mol. The first kappa shape index (κ1) is 17.1. The predicted octanol–water partition coefficient (Wildman–Crippen LogP) is 4.19. The number of halogens is 3. The maximum absolute atomic E-state index is 14.0. The van der Waals surface area contributed by atoms with Gasteiger partial charge < -0.3 is 9.47 Å². The number of carbonyl (C=O) groups is 1. The molecule has 118 valence electrons. The Hall–Kier alpha value is -1.92. The molecule has 1 amide bonds. The molecular formula is C14H18F3NO3. The molecule has 4 nitrogen and oxygen atoms in total. The van der Waals surface area contributed by atoms with Crippen LogP contribution in [-0.4, -0.2) is 24.9 Å². The molecule has 0 atom stereocenters. The number of benzene rings is 1. The van der Waals surface area contributed by atoms with E-state index in [2.05, 4.69) is 4.74 Å². The van der Waals surface area contributed by atoms with Crippen molar-refractivity contribution in [1.82, 2.24) is 0 Å². The molecule has 0 aromatic heterocycles. The van der Waals surface area contributed by atoms with E-state index in [0.717, 1.165) is 17.0 Å². The van der Waals surface area contributed by atoms with Gasteiger partial charge in [0, 0.05) is 12.6 Å². The smallest absolute Gasteiger partial charge is 0.414 e. The summed E-state index contributed by atoms with van der Waals surface area (Å²) in [6.07, 6.45) is -0.716. The van der Waals surface area contributed by atoms with E-state index >= 15 is 0 Å². The zero-order chi connectivity index (χ0) is 16.2. The summed E-state index contributed by atoms with van der Waals surface area (Å²) in [7, 11) is 0. The Kier molecular flexibility index (Phi) is 5.46. The summed E-state index contributed by atoms with van der Waals surface area (Å²) in [5.41, 5.74) is -0.784. The Morgan fingerprint density at radius 2 is 1.95 bits per heavy atom. The van der Waals surface area contributed by atoms with Crippen LogP contribution < -0.4 is 9.64 Å². The third-order valence-corrected chi connectivity index (χ3v) is 2.37. The van der Waals surface area contributed by atoms with Crippen LogP contribution in [0.15, 0.2) is 18.2 Å². The third kappa shape index (κ3) is 5.17. The maximum Gasteiger partial charge on any atom is 0.414 e. The molecule has 7 heteroatoms. The molecule has 21 heavy (non-hydrogen) atoms. The van der Waals surface area contributed by atoms with Crippen molar-refractivity contribution in [3.05, 3.63) is 24.0 Å². The average molecular weight is 305 g/mol. The van der Waals surface area contributed by atoms with Crippen molar-refractivity contribution in [2.24, 2.45) is 0 Å². The van der Waals surface area contributed by atoms with Crippen molar-refractivity contribution in [3.8, 4) is 5.75 Å². The van der Waals surface area contributed by atoms with E-state index in [1.54, 1.807) is 27.7 Å². The number of anilines is 1. The monoisotopic (exact) mass is 305 g/mol. The van der Waals surface area contributed by atoms with E-state index in [0.29, 0.717) is 0 Å². The molecule has 0 aliphatic heterocycles. The molecule has 0 unspecified atom stereocenters. The average Bonchev–Trinajstić information content (AvgIpc) is 2.29. The molecule has 0 saturated carbocycles. The third-order valence-electron chi connectivity index (χ3n) is 2.37. The molecule has 0 heterocycles. The van der Waals surface area contributed by atoms with Gasteiger partial charge in [0.15, 0.2) is 5.82 Å². The summed E-state index contributed by atoms with van der Waals surface area (Å²) in [5.74, 6) is -1.16. The largest absolute Gasteiger partial charge is 0.443 e. The minimum atomic E-state index is -3.04. The molecular weight excluding hydrogens is 287 g/mol. The fraction of sp³-hybridized carbons (Fsp3) is 0.500. The molecule has 0 spiro atoms. The van der Waals surface area contributed by atoms with Gasteiger partial charge in [0.25, 0.3) is 0 Å². The Morgan fingerprint density at radius 1 is 1.33 bits per heavy atom. The first-order valence-electron chi connectivity index (χ1n) is 6.39. The lowest BCUT2D eigenvalue weighted by atomic mass is 10.2. The van der Waals surface area contributed by atoms with Crippen LogP contribution in [0.1, 0.15) is 27.7 Å². The van der Waals surface area contributed by atoms with Gasteiger partial charge in [-0.15, -0.1) is 0 Å². The number of amides is 1. The van der Waals surface area contributed by atoms with Crippen molar-refractivity contribution in [2.45, 2.75) is 39.9 Å². The summed E-state index contributed by atoms with van der Waals surface area (Å²) in [4.78, 5) is 13.1. The van der Waals surface area contributed by atoms with Crippen LogP contribution in [0.25, 0.3) is 0 Å². The molecule has 0 saturated heterocycles. The van der Waals surface area contributed by atoms with Crippen LogP contribution in [0.4, 0.5) is 23.7 Å². The van der Waals surface area contributed by atoms with Gasteiger partial charge in [0.2, 0.25) is 0 Å². The van der Waals surface area contributed by atoms with Gasteiger partial charge in [0.05, 0.1) is 5.69 Å². The van der Waals surface area contributed by atoms with E-state index in [-0.39, 0.29) is 18.0 Å². The quantitative estimate of drug-likeness (QED) is 0.837. The van der Waals surface area contributed by atoms with Crippen molar-refractivity contribution >= 4 is 11.8 Å². The standard InChI is InChI=1S/C14H18F3NO3/c1-5-18(13(19)21-14(2,3)4)11-7-6-9(8-10(11)15)20-12(16)17/h6-8,12H,5H2,1-4H3. The van der Waals surface area contributed by atoms with Crippen LogP contribution in [0, 0.1) is 5.82 Å². The summed E-state index contributed by atoms with van der Waals surface area (Å²) >= 11 is 0. The molecule has 1 aromatic rings. The normalized spacial score (nSPS) is 11.4. The molecule has 0 radical (unpaired) electrons. The highest BCUT2D eigenvalue weighted by molar-refractivity contribution is 5.88. The van der Waals surface area contributed by atoms with Gasteiger partial charge >= 0.3 is 12.7 Å². The number of ether oxygens (including phenoxy) is 2. The number of carbonyl (C=O) groups excluding carboxylic acids is 1. The van der Waals surface area contributed by atoms with Gasteiger partial charge in [-0.1, -0.05) is 0 Å². The first-order chi connectivity index (χ1) is 9.64. The molecule has 0 aliphatic rings. The molecule has 0 bridgehead atoms. The SMILES string of the molecule is CCN(C(=O)OC(C)(C)C)c1ccc(OC(F)F)cc1F. The van der Waals surface area contributed by atoms with Crippen LogP contribution in [0.3, 0.4) is 0 Å². The lowest BCUT2D eigenvalue weighted by Crippen LogP contribution is -2.37. The minimum Gasteiger partial charge on any atom is -0.443 e. The zero-order valence-electron chi connectivity index (χ0n) is 12.3. The zero-order valence-corrected chi connectivity index (χ0v) is 12.3. The van der Waals surface area contributed by atoms with Crippen LogP contribution in [0.5, 0.6) is 5.75 Å². The second-order valence-electron chi connectivity index (χ2n) is 5.22. The summed E-state index contributed by atoms with van der Waals surface area (Å²) in [6, 6.07) is 3.16. The molecule has 0 N–H and O–H groups in total.